The van der Waals surface area contributed by atoms with Crippen LogP contribution < -0.4 is 24.8 Å². The van der Waals surface area contributed by atoms with Gasteiger partial charge in [-0.15, -0.1) is 0 Å². The number of amides is 2. The van der Waals surface area contributed by atoms with E-state index in [1.54, 1.807) is 17.4 Å². The van der Waals surface area contributed by atoms with Crippen molar-refractivity contribution in [2.24, 2.45) is 0 Å². The molecule has 0 aliphatic carbocycles. The van der Waals surface area contributed by atoms with E-state index < -0.39 is 18.1 Å². The molecular weight excluding hydrogens is 389 g/mol. The molecule has 2 aromatic rings. The van der Waals surface area contributed by atoms with Gasteiger partial charge in [-0.05, 0) is 43.3 Å². The summed E-state index contributed by atoms with van der Waals surface area (Å²) in [5.74, 6) is -3.24. The van der Waals surface area contributed by atoms with Crippen LogP contribution in [0.3, 0.4) is 0 Å². The van der Waals surface area contributed by atoms with E-state index in [4.69, 9.17) is 25.8 Å². The largest absolute Gasteiger partial charge is 0.494 e. The number of carbonyl (C=O) groups is 1. The van der Waals surface area contributed by atoms with Crippen LogP contribution >= 0.6 is 11.6 Å². The molecule has 0 spiro atoms. The lowest BCUT2D eigenvalue weighted by Gasteiger charge is -2.29. The molecule has 0 saturated carbocycles. The summed E-state index contributed by atoms with van der Waals surface area (Å²) < 4.78 is 55.7. The van der Waals surface area contributed by atoms with Crippen molar-refractivity contribution in [2.45, 2.75) is 19.0 Å². The predicted molar refractivity (Wildman–Crippen MR) is 91.3 cm³/mol. The molecule has 3 rings (SSSR count). The van der Waals surface area contributed by atoms with E-state index in [9.17, 15) is 18.0 Å². The number of rotatable bonds is 4. The Morgan fingerprint density at radius 1 is 1.15 bits per heavy atom. The number of halogens is 4. The molecule has 0 aromatic heterocycles. The highest BCUT2D eigenvalue weighted by molar-refractivity contribution is 6.30. The minimum atomic E-state index is -5.06. The standard InChI is InChI=1S/C17H14ClF3N2O4/c1-2-25-12-6-4-11(5-7-12)22-15(24)23-17(16(19,20)21)26-13-8-3-10(18)9-14(13)27-17/h3-9H,2H2,1H3,(H2,22,23,24)/t17-/m1/s1. The van der Waals surface area contributed by atoms with Gasteiger partial charge >= 0.3 is 18.1 Å². The van der Waals surface area contributed by atoms with Crippen molar-refractivity contribution in [3.05, 3.63) is 47.5 Å². The second-order valence-corrected chi connectivity index (χ2v) is 5.88. The predicted octanol–water partition coefficient (Wildman–Crippen LogP) is 4.55. The first-order valence-corrected chi connectivity index (χ1v) is 8.16. The maximum Gasteiger partial charge on any atom is 0.492 e. The number of nitrogens with one attached hydrogen (secondary N) is 2. The van der Waals surface area contributed by atoms with Gasteiger partial charge in [0.25, 0.3) is 0 Å². The van der Waals surface area contributed by atoms with E-state index in [1.807, 2.05) is 6.92 Å². The molecule has 144 valence electrons. The minimum absolute atomic E-state index is 0.161. The zero-order chi connectivity index (χ0) is 19.7. The van der Waals surface area contributed by atoms with Gasteiger partial charge in [-0.1, -0.05) is 11.6 Å². The monoisotopic (exact) mass is 402 g/mol. The maximum atomic E-state index is 13.6. The molecule has 1 aliphatic rings. The van der Waals surface area contributed by atoms with Crippen molar-refractivity contribution in [3.63, 3.8) is 0 Å². The van der Waals surface area contributed by atoms with Gasteiger partial charge in [0.15, 0.2) is 11.5 Å². The number of carbonyl (C=O) groups excluding carboxylic acids is 1. The van der Waals surface area contributed by atoms with Gasteiger partial charge in [-0.25, -0.2) is 4.79 Å². The fourth-order valence-corrected chi connectivity index (χ4v) is 2.49. The molecule has 6 nitrogen and oxygen atoms in total. The highest BCUT2D eigenvalue weighted by Crippen LogP contribution is 2.46. The summed E-state index contributed by atoms with van der Waals surface area (Å²) in [4.78, 5) is 12.1. The van der Waals surface area contributed by atoms with E-state index >= 15 is 0 Å². The third kappa shape index (κ3) is 3.97. The molecule has 0 radical (unpaired) electrons. The molecule has 0 unspecified atom stereocenters. The van der Waals surface area contributed by atoms with Gasteiger partial charge in [0.1, 0.15) is 5.75 Å². The third-order valence-electron chi connectivity index (χ3n) is 3.49. The molecule has 1 aliphatic heterocycles. The fourth-order valence-electron chi connectivity index (χ4n) is 2.33. The topological polar surface area (TPSA) is 68.8 Å². The SMILES string of the molecule is CCOc1ccc(NC(=O)N[C@]2(C(F)(F)F)Oc3ccc(Cl)cc3O2)cc1. The summed E-state index contributed by atoms with van der Waals surface area (Å²) in [7, 11) is 0. The number of benzene rings is 2. The Bertz CT molecular complexity index is 845. The lowest BCUT2D eigenvalue weighted by molar-refractivity contribution is -0.317. The lowest BCUT2D eigenvalue weighted by Crippen LogP contribution is -2.65. The summed E-state index contributed by atoms with van der Waals surface area (Å²) in [5, 5.41) is 4.14. The number of ether oxygens (including phenoxy) is 3. The van der Waals surface area contributed by atoms with Crippen LogP contribution in [0.2, 0.25) is 5.02 Å². The summed E-state index contributed by atoms with van der Waals surface area (Å²) in [5.41, 5.74) is 0.256. The van der Waals surface area contributed by atoms with Crippen molar-refractivity contribution < 1.29 is 32.2 Å². The second-order valence-electron chi connectivity index (χ2n) is 5.45. The maximum absolute atomic E-state index is 13.6. The number of hydrogen-bond acceptors (Lipinski definition) is 4. The Labute approximate surface area is 157 Å². The number of urea groups is 1. The van der Waals surface area contributed by atoms with Crippen LogP contribution in [0, 0.1) is 0 Å². The average Bonchev–Trinajstić information content (AvgIpc) is 2.95. The Kier molecular flexibility index (Phi) is 4.97. The van der Waals surface area contributed by atoms with Gasteiger partial charge in [0.2, 0.25) is 0 Å². The van der Waals surface area contributed by atoms with Crippen LogP contribution in [-0.2, 0) is 0 Å². The van der Waals surface area contributed by atoms with E-state index in [1.165, 1.54) is 24.3 Å². The minimum Gasteiger partial charge on any atom is -0.494 e. The van der Waals surface area contributed by atoms with Gasteiger partial charge in [-0.3, -0.25) is 5.32 Å². The molecule has 27 heavy (non-hydrogen) atoms. The molecule has 0 fully saturated rings. The first-order chi connectivity index (χ1) is 12.7. The van der Waals surface area contributed by atoms with Gasteiger partial charge in [-0.2, -0.15) is 13.2 Å². The Morgan fingerprint density at radius 2 is 1.81 bits per heavy atom. The van der Waals surface area contributed by atoms with Crippen LogP contribution in [0.5, 0.6) is 17.2 Å². The summed E-state index contributed by atoms with van der Waals surface area (Å²) in [6, 6.07) is 8.66. The molecule has 0 saturated heterocycles. The zero-order valence-corrected chi connectivity index (χ0v) is 14.6. The van der Waals surface area contributed by atoms with E-state index in [0.717, 1.165) is 6.07 Å². The highest BCUT2D eigenvalue weighted by Gasteiger charge is 2.65. The second kappa shape index (κ2) is 7.07. The smallest absolute Gasteiger partial charge is 0.492 e. The highest BCUT2D eigenvalue weighted by atomic mass is 35.5. The van der Waals surface area contributed by atoms with Crippen LogP contribution in [0.4, 0.5) is 23.7 Å². The van der Waals surface area contributed by atoms with Crippen molar-refractivity contribution in [1.82, 2.24) is 5.32 Å². The molecule has 2 N–H and O–H groups in total. The quantitative estimate of drug-likeness (QED) is 0.787. The number of hydrogen-bond donors (Lipinski definition) is 2. The first kappa shape index (κ1) is 19.0. The molecule has 1 heterocycles. The molecule has 10 heteroatoms. The van der Waals surface area contributed by atoms with Crippen molar-refractivity contribution in [3.8, 4) is 17.2 Å². The van der Waals surface area contributed by atoms with Crippen LogP contribution in [0.1, 0.15) is 6.92 Å². The van der Waals surface area contributed by atoms with E-state index in [2.05, 4.69) is 5.32 Å². The van der Waals surface area contributed by atoms with Gasteiger partial charge in [0, 0.05) is 16.8 Å². The zero-order valence-electron chi connectivity index (χ0n) is 13.9. The Morgan fingerprint density at radius 3 is 2.44 bits per heavy atom. The van der Waals surface area contributed by atoms with Crippen LogP contribution in [0.15, 0.2) is 42.5 Å². The van der Waals surface area contributed by atoms with Crippen molar-refractivity contribution in [2.75, 3.05) is 11.9 Å². The lowest BCUT2D eigenvalue weighted by atomic mass is 10.3. The Hall–Kier alpha value is -2.81. The molecule has 1 atom stereocenters. The van der Waals surface area contributed by atoms with Crippen molar-refractivity contribution in [1.29, 1.82) is 0 Å². The third-order valence-corrected chi connectivity index (χ3v) is 3.72. The van der Waals surface area contributed by atoms with Crippen LogP contribution in [-0.4, -0.2) is 24.7 Å². The molecule has 0 bridgehead atoms. The molecular formula is C17H14ClF3N2O4. The summed E-state index contributed by atoms with van der Waals surface area (Å²) >= 11 is 5.75. The van der Waals surface area contributed by atoms with E-state index in [0.29, 0.717) is 12.4 Å². The fraction of sp³-hybridized carbons (Fsp3) is 0.235. The number of fused-ring (bicyclic) bond motifs is 1. The average molecular weight is 403 g/mol. The normalized spacial score (nSPS) is 18.1. The van der Waals surface area contributed by atoms with E-state index in [-0.39, 0.29) is 22.2 Å². The van der Waals surface area contributed by atoms with Crippen molar-refractivity contribution >= 4 is 23.3 Å². The number of alkyl halides is 3. The molecule has 2 aromatic carbocycles. The number of anilines is 1. The van der Waals surface area contributed by atoms with Crippen LogP contribution in [0.25, 0.3) is 0 Å². The van der Waals surface area contributed by atoms with Gasteiger partial charge < -0.3 is 19.5 Å². The summed E-state index contributed by atoms with van der Waals surface area (Å²) in [6.07, 6.45) is -5.06. The van der Waals surface area contributed by atoms with Gasteiger partial charge in [0.05, 0.1) is 6.61 Å². The molecule has 2 amide bonds. The summed E-state index contributed by atoms with van der Waals surface area (Å²) in [6.45, 7) is 2.27. The Balaban J connectivity index is 1.75. The first-order valence-electron chi connectivity index (χ1n) is 7.79.